The van der Waals surface area contributed by atoms with Crippen LogP contribution in [0, 0.1) is 5.82 Å². The molecular weight excluding hydrogens is 526 g/mol. The lowest BCUT2D eigenvalue weighted by Crippen LogP contribution is -2.07. The molecule has 0 radical (unpaired) electrons. The summed E-state index contributed by atoms with van der Waals surface area (Å²) in [6.07, 6.45) is 1.98. The van der Waals surface area contributed by atoms with Gasteiger partial charge >= 0.3 is 0 Å². The Hall–Kier alpha value is -2.72. The summed E-state index contributed by atoms with van der Waals surface area (Å²) in [6.45, 7) is 4.47. The smallest absolute Gasteiger partial charge is 0.162 e. The molecule has 0 aliphatic rings. The number of hydrogen-bond acceptors (Lipinski definition) is 6. The molecule has 0 saturated carbocycles. The van der Waals surface area contributed by atoms with Crippen molar-refractivity contribution in [2.24, 2.45) is 0 Å². The van der Waals surface area contributed by atoms with Crippen LogP contribution >= 0.6 is 34.4 Å². The van der Waals surface area contributed by atoms with Crippen molar-refractivity contribution in [2.75, 3.05) is 11.6 Å². The maximum absolute atomic E-state index is 13.2. The van der Waals surface area contributed by atoms with Gasteiger partial charge in [-0.3, -0.25) is 0 Å². The van der Waals surface area contributed by atoms with Gasteiger partial charge in [-0.1, -0.05) is 42.1 Å². The standard InChI is InChI=1S/C23H18FIN4OS/c1-14(25)20-22(27-21(28-23(20)31-2)16-6-4-3-5-7-16)26-13-18-12-19(29-30-18)15-8-10-17(24)11-9-15/h3-12H,1,13H2,2H3,(H,26,27,28). The molecule has 0 atom stereocenters. The van der Waals surface area contributed by atoms with Crippen LogP contribution in [-0.4, -0.2) is 21.4 Å². The number of benzene rings is 2. The Morgan fingerprint density at radius 2 is 1.84 bits per heavy atom. The summed E-state index contributed by atoms with van der Waals surface area (Å²) in [4.78, 5) is 9.49. The zero-order chi connectivity index (χ0) is 21.8. The molecule has 0 fully saturated rings. The van der Waals surface area contributed by atoms with Crippen molar-refractivity contribution in [3.05, 3.63) is 84.4 Å². The topological polar surface area (TPSA) is 63.8 Å². The lowest BCUT2D eigenvalue weighted by molar-refractivity contribution is 0.390. The number of nitrogens with zero attached hydrogens (tertiary/aromatic N) is 3. The highest BCUT2D eigenvalue weighted by Crippen LogP contribution is 2.35. The van der Waals surface area contributed by atoms with E-state index in [0.29, 0.717) is 29.6 Å². The Morgan fingerprint density at radius 3 is 2.52 bits per heavy atom. The number of thioether (sulfide) groups is 1. The number of rotatable bonds is 7. The van der Waals surface area contributed by atoms with Crippen molar-refractivity contribution in [2.45, 2.75) is 11.6 Å². The quantitative estimate of drug-likeness (QED) is 0.159. The summed E-state index contributed by atoms with van der Waals surface area (Å²) in [5.41, 5.74) is 3.24. The van der Waals surface area contributed by atoms with Crippen LogP contribution in [0.2, 0.25) is 0 Å². The van der Waals surface area contributed by atoms with Gasteiger partial charge in [0.2, 0.25) is 0 Å². The second-order valence-corrected chi connectivity index (χ2v) is 8.69. The molecule has 4 aromatic rings. The molecule has 0 aliphatic carbocycles. The van der Waals surface area contributed by atoms with Crippen molar-refractivity contribution in [1.82, 2.24) is 15.1 Å². The van der Waals surface area contributed by atoms with E-state index < -0.39 is 0 Å². The highest BCUT2D eigenvalue weighted by atomic mass is 127. The first-order valence-electron chi connectivity index (χ1n) is 9.37. The molecule has 2 heterocycles. The first-order chi connectivity index (χ1) is 15.0. The average molecular weight is 544 g/mol. The number of halogens is 2. The molecule has 0 amide bonds. The predicted molar refractivity (Wildman–Crippen MR) is 132 cm³/mol. The molecule has 2 aromatic carbocycles. The van der Waals surface area contributed by atoms with Crippen molar-refractivity contribution in [3.8, 4) is 22.6 Å². The van der Waals surface area contributed by atoms with E-state index in [0.717, 1.165) is 25.3 Å². The third kappa shape index (κ3) is 4.96. The fraction of sp³-hybridized carbons (Fsp3) is 0.0870. The van der Waals surface area contributed by atoms with Gasteiger partial charge in [-0.25, -0.2) is 14.4 Å². The van der Waals surface area contributed by atoms with Crippen LogP contribution in [-0.2, 0) is 6.54 Å². The Balaban J connectivity index is 1.63. The fourth-order valence-electron chi connectivity index (χ4n) is 3.00. The molecule has 156 valence electrons. The van der Waals surface area contributed by atoms with Gasteiger partial charge in [0, 0.05) is 20.8 Å². The van der Waals surface area contributed by atoms with E-state index in [1.807, 2.05) is 42.7 Å². The van der Waals surface area contributed by atoms with Gasteiger partial charge in [-0.05, 0) is 53.1 Å². The molecule has 2 aromatic heterocycles. The minimum atomic E-state index is -0.289. The zero-order valence-electron chi connectivity index (χ0n) is 16.6. The molecule has 0 spiro atoms. The summed E-state index contributed by atoms with van der Waals surface area (Å²) in [7, 11) is 0. The summed E-state index contributed by atoms with van der Waals surface area (Å²) in [5.74, 6) is 1.66. The predicted octanol–water partition coefficient (Wildman–Crippen LogP) is 6.68. The molecule has 0 saturated heterocycles. The molecule has 4 rings (SSSR count). The number of aromatic nitrogens is 3. The monoisotopic (exact) mass is 544 g/mol. The summed E-state index contributed by atoms with van der Waals surface area (Å²) < 4.78 is 19.5. The normalized spacial score (nSPS) is 10.8. The highest BCUT2D eigenvalue weighted by Gasteiger charge is 2.17. The summed E-state index contributed by atoms with van der Waals surface area (Å²) in [6, 6.07) is 17.8. The van der Waals surface area contributed by atoms with Gasteiger partial charge in [0.25, 0.3) is 0 Å². The average Bonchev–Trinajstić information content (AvgIpc) is 3.27. The summed E-state index contributed by atoms with van der Waals surface area (Å²) >= 11 is 3.73. The van der Waals surface area contributed by atoms with E-state index in [1.165, 1.54) is 12.1 Å². The molecule has 31 heavy (non-hydrogen) atoms. The van der Waals surface area contributed by atoms with Crippen LogP contribution in [0.5, 0.6) is 0 Å². The van der Waals surface area contributed by atoms with Crippen molar-refractivity contribution < 1.29 is 8.91 Å². The fourth-order valence-corrected chi connectivity index (χ4v) is 4.30. The van der Waals surface area contributed by atoms with Crippen molar-refractivity contribution in [1.29, 1.82) is 0 Å². The zero-order valence-corrected chi connectivity index (χ0v) is 19.6. The maximum Gasteiger partial charge on any atom is 0.162 e. The third-order valence-corrected chi connectivity index (χ3v) is 5.72. The lowest BCUT2D eigenvalue weighted by Gasteiger charge is -2.14. The molecule has 5 nitrogen and oxygen atoms in total. The third-order valence-electron chi connectivity index (χ3n) is 4.50. The minimum absolute atomic E-state index is 0.289. The second kappa shape index (κ2) is 9.61. The Morgan fingerprint density at radius 1 is 1.10 bits per heavy atom. The van der Waals surface area contributed by atoms with Crippen LogP contribution in [0.3, 0.4) is 0 Å². The first kappa shape index (κ1) is 21.5. The van der Waals surface area contributed by atoms with E-state index in [1.54, 1.807) is 23.9 Å². The van der Waals surface area contributed by atoms with Crippen LogP contribution in [0.25, 0.3) is 26.2 Å². The van der Waals surface area contributed by atoms with Gasteiger partial charge in [0.1, 0.15) is 22.4 Å². The van der Waals surface area contributed by atoms with E-state index in [-0.39, 0.29) is 5.82 Å². The van der Waals surface area contributed by atoms with Crippen molar-refractivity contribution in [3.63, 3.8) is 0 Å². The van der Waals surface area contributed by atoms with E-state index in [2.05, 4.69) is 39.6 Å². The highest BCUT2D eigenvalue weighted by molar-refractivity contribution is 14.1. The Labute approximate surface area is 197 Å². The molecular formula is C23H18FIN4OS. The number of nitrogens with one attached hydrogen (secondary N) is 1. The second-order valence-electron chi connectivity index (χ2n) is 6.59. The van der Waals surface area contributed by atoms with E-state index in [9.17, 15) is 4.39 Å². The first-order valence-corrected chi connectivity index (χ1v) is 11.7. The Bertz CT molecular complexity index is 1210. The minimum Gasteiger partial charge on any atom is -0.362 e. The van der Waals surface area contributed by atoms with Gasteiger partial charge in [0.05, 0.1) is 12.1 Å². The summed E-state index contributed by atoms with van der Waals surface area (Å²) in [5, 5.41) is 8.28. The number of anilines is 1. The maximum atomic E-state index is 13.2. The molecule has 1 N–H and O–H groups in total. The van der Waals surface area contributed by atoms with Crippen LogP contribution in [0.15, 0.2) is 76.8 Å². The van der Waals surface area contributed by atoms with Gasteiger partial charge in [0.15, 0.2) is 11.6 Å². The van der Waals surface area contributed by atoms with Gasteiger partial charge < -0.3 is 9.84 Å². The molecule has 0 unspecified atom stereocenters. The lowest BCUT2D eigenvalue weighted by atomic mass is 10.1. The van der Waals surface area contributed by atoms with Gasteiger partial charge in [-0.2, -0.15) is 0 Å². The van der Waals surface area contributed by atoms with E-state index >= 15 is 0 Å². The van der Waals surface area contributed by atoms with Crippen LogP contribution < -0.4 is 5.32 Å². The number of hydrogen-bond donors (Lipinski definition) is 1. The molecule has 8 heteroatoms. The molecule has 0 aliphatic heterocycles. The SMILES string of the molecule is C=C(I)c1c(NCc2cc(-c3ccc(F)cc3)no2)nc(-c2ccccc2)nc1SC. The molecule has 0 bridgehead atoms. The van der Waals surface area contributed by atoms with E-state index in [4.69, 9.17) is 14.5 Å². The van der Waals surface area contributed by atoms with Crippen LogP contribution in [0.1, 0.15) is 11.3 Å². The van der Waals surface area contributed by atoms with Gasteiger partial charge in [-0.15, -0.1) is 11.8 Å². The largest absolute Gasteiger partial charge is 0.362 e. The van der Waals surface area contributed by atoms with Crippen LogP contribution in [0.4, 0.5) is 10.2 Å². The Kier molecular flexibility index (Phi) is 6.67. The van der Waals surface area contributed by atoms with Crippen molar-refractivity contribution >= 4 is 43.8 Å².